The van der Waals surface area contributed by atoms with Gasteiger partial charge in [-0.1, -0.05) is 0 Å². The van der Waals surface area contributed by atoms with Crippen LogP contribution < -0.4 is 10.1 Å². The molecule has 1 N–H and O–H groups in total. The Labute approximate surface area is 118 Å². The Morgan fingerprint density at radius 3 is 2.75 bits per heavy atom. The van der Waals surface area contributed by atoms with Crippen LogP contribution in [0.2, 0.25) is 0 Å². The molecule has 0 atom stereocenters. The molecule has 0 amide bonds. The molecule has 1 fully saturated rings. The van der Waals surface area contributed by atoms with Gasteiger partial charge in [-0.05, 0) is 51.2 Å². The van der Waals surface area contributed by atoms with Gasteiger partial charge in [-0.3, -0.25) is 9.69 Å². The van der Waals surface area contributed by atoms with Gasteiger partial charge in [0.05, 0.1) is 13.7 Å². The third-order valence-electron chi connectivity index (χ3n) is 3.80. The zero-order chi connectivity index (χ0) is 14.5. The van der Waals surface area contributed by atoms with Gasteiger partial charge in [-0.15, -0.1) is 0 Å². The highest BCUT2D eigenvalue weighted by molar-refractivity contribution is 5.97. The summed E-state index contributed by atoms with van der Waals surface area (Å²) in [7, 11) is 3.36. The SMILES string of the molecule is COc1ccc(C(=O)CN(C)C2CCNCC2)cc1F. The molecule has 1 aliphatic heterocycles. The number of nitrogens with zero attached hydrogens (tertiary/aromatic N) is 1. The highest BCUT2D eigenvalue weighted by atomic mass is 19.1. The standard InChI is InChI=1S/C15H21FN2O2/c1-18(12-5-7-17-8-6-12)10-14(19)11-3-4-15(20-2)13(16)9-11/h3-4,9,12,17H,5-8,10H2,1-2H3. The average Bonchev–Trinajstić information content (AvgIpc) is 2.48. The van der Waals surface area contributed by atoms with Crippen molar-refractivity contribution in [1.29, 1.82) is 0 Å². The van der Waals surface area contributed by atoms with Crippen LogP contribution in [0.15, 0.2) is 18.2 Å². The molecule has 2 rings (SSSR count). The minimum atomic E-state index is -0.497. The van der Waals surface area contributed by atoms with Crippen molar-refractivity contribution in [3.8, 4) is 5.75 Å². The predicted molar refractivity (Wildman–Crippen MR) is 75.8 cm³/mol. The van der Waals surface area contributed by atoms with Crippen molar-refractivity contribution in [2.24, 2.45) is 0 Å². The zero-order valence-electron chi connectivity index (χ0n) is 12.0. The fourth-order valence-corrected chi connectivity index (χ4v) is 2.53. The number of rotatable bonds is 5. The summed E-state index contributed by atoms with van der Waals surface area (Å²) < 4.78 is 18.5. The van der Waals surface area contributed by atoms with Gasteiger partial charge in [0.1, 0.15) is 0 Å². The van der Waals surface area contributed by atoms with E-state index in [9.17, 15) is 9.18 Å². The van der Waals surface area contributed by atoms with Gasteiger partial charge in [-0.25, -0.2) is 4.39 Å². The summed E-state index contributed by atoms with van der Waals surface area (Å²) in [4.78, 5) is 14.2. The van der Waals surface area contributed by atoms with Gasteiger partial charge < -0.3 is 10.1 Å². The Hall–Kier alpha value is -1.46. The van der Waals surface area contributed by atoms with Gasteiger partial charge in [0, 0.05) is 11.6 Å². The molecule has 1 aromatic rings. The minimum Gasteiger partial charge on any atom is -0.494 e. The molecular formula is C15H21FN2O2. The number of likely N-dealkylation sites (N-methyl/N-ethyl adjacent to an activating group) is 1. The van der Waals surface area contributed by atoms with Crippen LogP contribution >= 0.6 is 0 Å². The third kappa shape index (κ3) is 3.55. The van der Waals surface area contributed by atoms with Gasteiger partial charge in [-0.2, -0.15) is 0 Å². The summed E-state index contributed by atoms with van der Waals surface area (Å²) in [5.74, 6) is -0.399. The summed E-state index contributed by atoms with van der Waals surface area (Å²) in [6.45, 7) is 2.29. The molecular weight excluding hydrogens is 259 g/mol. The Kier molecular flexibility index (Phi) is 5.09. The number of carbonyl (C=O) groups is 1. The Bertz CT molecular complexity index is 473. The molecule has 5 heteroatoms. The third-order valence-corrected chi connectivity index (χ3v) is 3.80. The maximum atomic E-state index is 13.6. The molecule has 110 valence electrons. The average molecular weight is 280 g/mol. The fourth-order valence-electron chi connectivity index (χ4n) is 2.53. The molecule has 0 spiro atoms. The van der Waals surface area contributed by atoms with Crippen LogP contribution in [0.3, 0.4) is 0 Å². The molecule has 0 unspecified atom stereocenters. The van der Waals surface area contributed by atoms with E-state index in [1.807, 2.05) is 7.05 Å². The van der Waals surface area contributed by atoms with E-state index in [0.29, 0.717) is 18.2 Å². The topological polar surface area (TPSA) is 41.6 Å². The van der Waals surface area contributed by atoms with E-state index < -0.39 is 5.82 Å². The van der Waals surface area contributed by atoms with E-state index >= 15 is 0 Å². The Morgan fingerprint density at radius 2 is 2.15 bits per heavy atom. The molecule has 0 saturated carbocycles. The van der Waals surface area contributed by atoms with E-state index in [1.165, 1.54) is 19.2 Å². The molecule has 1 aliphatic rings. The second-order valence-corrected chi connectivity index (χ2v) is 5.17. The number of ether oxygens (including phenoxy) is 1. The molecule has 4 nitrogen and oxygen atoms in total. The number of hydrogen-bond acceptors (Lipinski definition) is 4. The van der Waals surface area contributed by atoms with Crippen LogP contribution in [-0.4, -0.2) is 50.5 Å². The van der Waals surface area contributed by atoms with Crippen LogP contribution in [-0.2, 0) is 0 Å². The number of piperidine rings is 1. The minimum absolute atomic E-state index is 0.0624. The quantitative estimate of drug-likeness (QED) is 0.834. The lowest BCUT2D eigenvalue weighted by atomic mass is 10.0. The fraction of sp³-hybridized carbons (Fsp3) is 0.533. The van der Waals surface area contributed by atoms with Gasteiger partial charge in [0.15, 0.2) is 17.3 Å². The lowest BCUT2D eigenvalue weighted by Gasteiger charge is -2.31. The predicted octanol–water partition coefficient (Wildman–Crippen LogP) is 1.70. The lowest BCUT2D eigenvalue weighted by molar-refractivity contribution is 0.0903. The van der Waals surface area contributed by atoms with E-state index in [0.717, 1.165) is 25.9 Å². The molecule has 1 saturated heterocycles. The van der Waals surface area contributed by atoms with Crippen LogP contribution in [0.5, 0.6) is 5.75 Å². The van der Waals surface area contributed by atoms with Crippen molar-refractivity contribution < 1.29 is 13.9 Å². The van der Waals surface area contributed by atoms with Crippen molar-refractivity contribution in [2.45, 2.75) is 18.9 Å². The largest absolute Gasteiger partial charge is 0.494 e. The normalized spacial score (nSPS) is 16.4. The number of nitrogens with one attached hydrogen (secondary N) is 1. The van der Waals surface area contributed by atoms with E-state index in [1.54, 1.807) is 6.07 Å². The van der Waals surface area contributed by atoms with Crippen molar-refractivity contribution in [1.82, 2.24) is 10.2 Å². The van der Waals surface area contributed by atoms with Gasteiger partial charge >= 0.3 is 0 Å². The number of carbonyl (C=O) groups excluding carboxylic acids is 1. The zero-order valence-corrected chi connectivity index (χ0v) is 12.0. The molecule has 0 aliphatic carbocycles. The highest BCUT2D eigenvalue weighted by Gasteiger charge is 2.20. The van der Waals surface area contributed by atoms with E-state index in [2.05, 4.69) is 10.2 Å². The molecule has 1 aromatic carbocycles. The maximum Gasteiger partial charge on any atom is 0.176 e. The van der Waals surface area contributed by atoms with Gasteiger partial charge in [0.25, 0.3) is 0 Å². The number of methoxy groups -OCH3 is 1. The number of benzene rings is 1. The second kappa shape index (κ2) is 6.81. The number of ketones is 1. The Balaban J connectivity index is 1.98. The van der Waals surface area contributed by atoms with Crippen LogP contribution in [0.1, 0.15) is 23.2 Å². The summed E-state index contributed by atoms with van der Waals surface area (Å²) in [5, 5.41) is 3.30. The molecule has 0 aromatic heterocycles. The van der Waals surface area contributed by atoms with Gasteiger partial charge in [0.2, 0.25) is 0 Å². The summed E-state index contributed by atoms with van der Waals surface area (Å²) in [6.07, 6.45) is 2.08. The highest BCUT2D eigenvalue weighted by Crippen LogP contribution is 2.18. The van der Waals surface area contributed by atoms with Crippen molar-refractivity contribution >= 4 is 5.78 Å². The molecule has 20 heavy (non-hydrogen) atoms. The van der Waals surface area contributed by atoms with E-state index in [4.69, 9.17) is 4.74 Å². The Morgan fingerprint density at radius 1 is 1.45 bits per heavy atom. The first-order chi connectivity index (χ1) is 9.61. The second-order valence-electron chi connectivity index (χ2n) is 5.17. The number of halogens is 1. The first-order valence-corrected chi connectivity index (χ1v) is 6.89. The van der Waals surface area contributed by atoms with Crippen LogP contribution in [0.4, 0.5) is 4.39 Å². The molecule has 1 heterocycles. The van der Waals surface area contributed by atoms with Crippen molar-refractivity contribution in [2.75, 3.05) is 33.8 Å². The maximum absolute atomic E-state index is 13.6. The monoisotopic (exact) mass is 280 g/mol. The summed E-state index contributed by atoms with van der Waals surface area (Å²) in [6, 6.07) is 4.77. The van der Waals surface area contributed by atoms with Crippen LogP contribution in [0, 0.1) is 5.82 Å². The van der Waals surface area contributed by atoms with Crippen LogP contribution in [0.25, 0.3) is 0 Å². The van der Waals surface area contributed by atoms with E-state index in [-0.39, 0.29) is 11.5 Å². The first kappa shape index (κ1) is 14.9. The lowest BCUT2D eigenvalue weighted by Crippen LogP contribution is -2.43. The molecule has 0 bridgehead atoms. The summed E-state index contributed by atoms with van der Waals surface area (Å²) in [5.41, 5.74) is 0.393. The smallest absolute Gasteiger partial charge is 0.176 e. The number of Topliss-reactive ketones (excluding diaryl/α,β-unsaturated/α-hetero) is 1. The molecule has 0 radical (unpaired) electrons. The summed E-state index contributed by atoms with van der Waals surface area (Å²) >= 11 is 0. The first-order valence-electron chi connectivity index (χ1n) is 6.89. The number of hydrogen-bond donors (Lipinski definition) is 1. The van der Waals surface area contributed by atoms with Crippen molar-refractivity contribution in [3.05, 3.63) is 29.6 Å². The van der Waals surface area contributed by atoms with Crippen molar-refractivity contribution in [3.63, 3.8) is 0 Å².